The Morgan fingerprint density at radius 3 is 2.87 bits per heavy atom. The third-order valence-corrected chi connectivity index (χ3v) is 5.35. The zero-order chi connectivity index (χ0) is 11.1. The second-order valence-corrected chi connectivity index (χ2v) is 5.98. The van der Waals surface area contributed by atoms with Crippen LogP contribution in [0.3, 0.4) is 0 Å². The molecule has 2 aliphatic carbocycles. The highest BCUT2D eigenvalue weighted by Gasteiger charge is 2.50. The molecule has 86 valence electrons. The smallest absolute Gasteiger partial charge is 0.0545 e. The number of rotatable bonds is 1. The molecule has 2 rings (SSSR count). The lowest BCUT2D eigenvalue weighted by Gasteiger charge is -2.43. The molecule has 2 heteroatoms. The molecule has 4 atom stereocenters. The van der Waals surface area contributed by atoms with E-state index in [9.17, 15) is 5.11 Å². The molecule has 1 nitrogen and oxygen atoms in total. The van der Waals surface area contributed by atoms with Crippen molar-refractivity contribution < 1.29 is 5.11 Å². The third-order valence-electron chi connectivity index (χ3n) is 4.76. The largest absolute Gasteiger partial charge is 0.393 e. The molecule has 0 aromatic rings. The van der Waals surface area contributed by atoms with Crippen LogP contribution in [0.4, 0.5) is 0 Å². The molecule has 0 aliphatic heterocycles. The number of allylic oxidation sites excluding steroid dienone is 1. The zero-order valence-corrected chi connectivity index (χ0v) is 11.3. The SMILES string of the molecule is C[C@@H](O)[C@H]1CC[C@H]2/C(=C/Br)CCC[C@]12C. The van der Waals surface area contributed by atoms with Crippen LogP contribution in [0.15, 0.2) is 10.6 Å². The lowest BCUT2D eigenvalue weighted by molar-refractivity contribution is 0.0303. The fourth-order valence-electron chi connectivity index (χ4n) is 4.00. The van der Waals surface area contributed by atoms with Crippen LogP contribution < -0.4 is 0 Å². The van der Waals surface area contributed by atoms with Crippen LogP contribution in [0.1, 0.15) is 46.0 Å². The van der Waals surface area contributed by atoms with Crippen LogP contribution in [-0.4, -0.2) is 11.2 Å². The van der Waals surface area contributed by atoms with Gasteiger partial charge < -0.3 is 5.11 Å². The summed E-state index contributed by atoms with van der Waals surface area (Å²) in [4.78, 5) is 2.14. The number of hydrogen-bond acceptors (Lipinski definition) is 1. The molecule has 0 bridgehead atoms. The van der Waals surface area contributed by atoms with Crippen molar-refractivity contribution in [1.82, 2.24) is 0 Å². The summed E-state index contributed by atoms with van der Waals surface area (Å²) in [5.74, 6) is 1.22. The van der Waals surface area contributed by atoms with Crippen molar-refractivity contribution in [3.8, 4) is 0 Å². The quantitative estimate of drug-likeness (QED) is 0.769. The van der Waals surface area contributed by atoms with Crippen LogP contribution in [0.2, 0.25) is 0 Å². The molecule has 0 heterocycles. The third kappa shape index (κ3) is 1.80. The second-order valence-electron chi connectivity index (χ2n) is 5.52. The Bertz CT molecular complexity index is 272. The Morgan fingerprint density at radius 2 is 2.27 bits per heavy atom. The summed E-state index contributed by atoms with van der Waals surface area (Å²) in [6, 6.07) is 0. The highest BCUT2D eigenvalue weighted by Crippen LogP contribution is 2.58. The van der Waals surface area contributed by atoms with Crippen molar-refractivity contribution >= 4 is 15.9 Å². The second kappa shape index (κ2) is 4.21. The average molecular weight is 273 g/mol. The lowest BCUT2D eigenvalue weighted by atomic mass is 9.63. The van der Waals surface area contributed by atoms with Crippen molar-refractivity contribution in [1.29, 1.82) is 0 Å². The highest BCUT2D eigenvalue weighted by molar-refractivity contribution is 9.11. The van der Waals surface area contributed by atoms with Gasteiger partial charge in [-0.15, -0.1) is 0 Å². The van der Waals surface area contributed by atoms with E-state index in [0.717, 1.165) is 0 Å². The molecule has 15 heavy (non-hydrogen) atoms. The average Bonchev–Trinajstić information content (AvgIpc) is 2.54. The Morgan fingerprint density at radius 1 is 1.53 bits per heavy atom. The van der Waals surface area contributed by atoms with E-state index in [4.69, 9.17) is 0 Å². The van der Waals surface area contributed by atoms with Crippen LogP contribution in [0.25, 0.3) is 0 Å². The number of halogens is 1. The summed E-state index contributed by atoms with van der Waals surface area (Å²) in [5.41, 5.74) is 1.93. The topological polar surface area (TPSA) is 20.2 Å². The highest BCUT2D eigenvalue weighted by atomic mass is 79.9. The van der Waals surface area contributed by atoms with Crippen molar-refractivity contribution in [3.05, 3.63) is 10.6 Å². The van der Waals surface area contributed by atoms with Gasteiger partial charge in [0.15, 0.2) is 0 Å². The normalized spacial score (nSPS) is 45.5. The van der Waals surface area contributed by atoms with Crippen LogP contribution in [-0.2, 0) is 0 Å². The predicted molar refractivity (Wildman–Crippen MR) is 66.9 cm³/mol. The maximum absolute atomic E-state index is 9.88. The van der Waals surface area contributed by atoms with E-state index in [1.807, 2.05) is 6.92 Å². The van der Waals surface area contributed by atoms with Crippen LogP contribution in [0.5, 0.6) is 0 Å². The van der Waals surface area contributed by atoms with Gasteiger partial charge in [0, 0.05) is 0 Å². The fraction of sp³-hybridized carbons (Fsp3) is 0.846. The maximum atomic E-state index is 9.88. The minimum atomic E-state index is -0.144. The molecule has 0 aromatic carbocycles. The van der Waals surface area contributed by atoms with Gasteiger partial charge in [-0.3, -0.25) is 0 Å². The number of aliphatic hydroxyl groups excluding tert-OH is 1. The monoisotopic (exact) mass is 272 g/mol. The molecular formula is C13H21BrO. The molecule has 1 N–H and O–H groups in total. The van der Waals surface area contributed by atoms with Gasteiger partial charge in [-0.1, -0.05) is 28.4 Å². The first-order valence-corrected chi connectivity index (χ1v) is 6.98. The van der Waals surface area contributed by atoms with Gasteiger partial charge in [0.25, 0.3) is 0 Å². The molecule has 2 fully saturated rings. The van der Waals surface area contributed by atoms with Crippen LogP contribution >= 0.6 is 15.9 Å². The predicted octanol–water partition coefficient (Wildman–Crippen LogP) is 3.86. The number of fused-ring (bicyclic) bond motifs is 1. The van der Waals surface area contributed by atoms with Gasteiger partial charge in [-0.05, 0) is 61.3 Å². The van der Waals surface area contributed by atoms with Crippen molar-refractivity contribution in [2.75, 3.05) is 0 Å². The molecule has 2 aliphatic rings. The fourth-order valence-corrected chi connectivity index (χ4v) is 4.55. The van der Waals surface area contributed by atoms with E-state index in [1.165, 1.54) is 32.1 Å². The number of hydrogen-bond donors (Lipinski definition) is 1. The van der Waals surface area contributed by atoms with Crippen molar-refractivity contribution in [2.24, 2.45) is 17.3 Å². The molecule has 0 radical (unpaired) electrons. The summed E-state index contributed by atoms with van der Waals surface area (Å²) in [5, 5.41) is 9.88. The first-order chi connectivity index (χ1) is 7.09. The van der Waals surface area contributed by atoms with Gasteiger partial charge in [-0.2, -0.15) is 0 Å². The summed E-state index contributed by atoms with van der Waals surface area (Å²) in [6.07, 6.45) is 6.14. The van der Waals surface area contributed by atoms with E-state index < -0.39 is 0 Å². The first kappa shape index (κ1) is 11.7. The minimum absolute atomic E-state index is 0.144. The van der Waals surface area contributed by atoms with Gasteiger partial charge in [0.1, 0.15) is 0 Å². The van der Waals surface area contributed by atoms with E-state index in [0.29, 0.717) is 17.3 Å². The van der Waals surface area contributed by atoms with E-state index in [1.54, 1.807) is 5.57 Å². The van der Waals surface area contributed by atoms with Crippen molar-refractivity contribution in [2.45, 2.75) is 52.1 Å². The summed E-state index contributed by atoms with van der Waals surface area (Å²) < 4.78 is 0. The van der Waals surface area contributed by atoms with Gasteiger partial charge in [0.05, 0.1) is 6.10 Å². The van der Waals surface area contributed by atoms with Gasteiger partial charge in [-0.25, -0.2) is 0 Å². The molecule has 0 aromatic heterocycles. The standard InChI is InChI=1S/C13H21BrO/c1-9(15)11-5-6-12-10(8-14)4-3-7-13(11,12)2/h8-9,11-12,15H,3-7H2,1-2H3/b10-8+/t9-,11-,12+,13-/m1/s1. The van der Waals surface area contributed by atoms with E-state index in [2.05, 4.69) is 27.8 Å². The molecule has 0 unspecified atom stereocenters. The molecule has 0 saturated heterocycles. The Kier molecular flexibility index (Phi) is 3.27. The maximum Gasteiger partial charge on any atom is 0.0545 e. The van der Waals surface area contributed by atoms with E-state index >= 15 is 0 Å². The molecule has 2 saturated carbocycles. The molecule has 0 amide bonds. The Labute approximate surface area is 101 Å². The zero-order valence-electron chi connectivity index (χ0n) is 9.67. The molecular weight excluding hydrogens is 252 g/mol. The number of aliphatic hydroxyl groups is 1. The van der Waals surface area contributed by atoms with E-state index in [-0.39, 0.29) is 6.10 Å². The summed E-state index contributed by atoms with van der Waals surface area (Å²) >= 11 is 3.50. The lowest BCUT2D eigenvalue weighted by Crippen LogP contribution is -2.37. The van der Waals surface area contributed by atoms with Gasteiger partial charge in [0.2, 0.25) is 0 Å². The molecule has 0 spiro atoms. The van der Waals surface area contributed by atoms with Crippen molar-refractivity contribution in [3.63, 3.8) is 0 Å². The first-order valence-electron chi connectivity index (χ1n) is 6.07. The van der Waals surface area contributed by atoms with Gasteiger partial charge >= 0.3 is 0 Å². The summed E-state index contributed by atoms with van der Waals surface area (Å²) in [6.45, 7) is 4.35. The minimum Gasteiger partial charge on any atom is -0.393 e. The Balaban J connectivity index is 2.27. The Hall–Kier alpha value is 0.180. The summed E-state index contributed by atoms with van der Waals surface area (Å²) in [7, 11) is 0. The van der Waals surface area contributed by atoms with Crippen LogP contribution in [0, 0.1) is 17.3 Å².